The summed E-state index contributed by atoms with van der Waals surface area (Å²) in [5, 5.41) is 2.87. The molecule has 1 atom stereocenters. The van der Waals surface area contributed by atoms with E-state index in [4.69, 9.17) is 9.47 Å². The number of cyclic esters (lactones) is 1. The molecule has 1 aromatic carbocycles. The molecule has 1 aromatic rings. The lowest BCUT2D eigenvalue weighted by molar-refractivity contribution is -0.130. The highest BCUT2D eigenvalue weighted by molar-refractivity contribution is 5.95. The van der Waals surface area contributed by atoms with Crippen LogP contribution in [-0.2, 0) is 20.7 Å². The zero-order valence-corrected chi connectivity index (χ0v) is 13.1. The van der Waals surface area contributed by atoms with Gasteiger partial charge in [-0.25, -0.2) is 4.79 Å². The van der Waals surface area contributed by atoms with E-state index < -0.39 is 12.1 Å². The minimum atomic E-state index is -0.721. The Hall–Kier alpha value is -1.92. The number of esters is 1. The van der Waals surface area contributed by atoms with Crippen LogP contribution < -0.4 is 5.32 Å². The summed E-state index contributed by atoms with van der Waals surface area (Å²) in [5.74, 6) is -0.629. The number of hydrogen-bond acceptors (Lipinski definition) is 5. The highest BCUT2D eigenvalue weighted by atomic mass is 16.5. The molecule has 2 heterocycles. The van der Waals surface area contributed by atoms with Gasteiger partial charge in [-0.1, -0.05) is 18.2 Å². The minimum Gasteiger partial charge on any atom is -0.448 e. The molecule has 2 aliphatic rings. The molecule has 1 saturated heterocycles. The van der Waals surface area contributed by atoms with Gasteiger partial charge in [0.25, 0.3) is 5.91 Å². The molecule has 124 valence electrons. The smallest absolute Gasteiger partial charge is 0.339 e. The highest BCUT2D eigenvalue weighted by Crippen LogP contribution is 2.20. The number of amides is 1. The molecule has 1 fully saturated rings. The van der Waals surface area contributed by atoms with Crippen LogP contribution in [-0.4, -0.2) is 62.3 Å². The summed E-state index contributed by atoms with van der Waals surface area (Å²) < 4.78 is 10.5. The fourth-order valence-corrected chi connectivity index (χ4v) is 2.93. The van der Waals surface area contributed by atoms with Crippen molar-refractivity contribution in [1.29, 1.82) is 0 Å². The second-order valence-electron chi connectivity index (χ2n) is 5.85. The topological polar surface area (TPSA) is 67.9 Å². The van der Waals surface area contributed by atoms with Gasteiger partial charge in [0.2, 0.25) is 0 Å². The summed E-state index contributed by atoms with van der Waals surface area (Å²) in [7, 11) is 0. The van der Waals surface area contributed by atoms with Gasteiger partial charge in [-0.2, -0.15) is 0 Å². The van der Waals surface area contributed by atoms with Gasteiger partial charge in [0.1, 0.15) is 0 Å². The third-order valence-corrected chi connectivity index (χ3v) is 4.24. The van der Waals surface area contributed by atoms with E-state index in [9.17, 15) is 9.59 Å². The number of carbonyl (C=O) groups excluding carboxylic acids is 2. The van der Waals surface area contributed by atoms with Gasteiger partial charge >= 0.3 is 5.97 Å². The summed E-state index contributed by atoms with van der Waals surface area (Å²) in [6.07, 6.45) is 0.598. The van der Waals surface area contributed by atoms with Gasteiger partial charge in [0, 0.05) is 26.1 Å². The first-order chi connectivity index (χ1) is 11.2. The Labute approximate surface area is 135 Å². The van der Waals surface area contributed by atoms with Crippen molar-refractivity contribution in [1.82, 2.24) is 10.2 Å². The Morgan fingerprint density at radius 3 is 2.87 bits per heavy atom. The standard InChI is InChI=1S/C17H22N2O4/c20-16(18-6-3-7-19-8-10-22-11-9-19)15-12-13-4-1-2-5-14(13)17(21)23-15/h1-2,4-5,15H,3,6-12H2,(H,18,20). The second kappa shape index (κ2) is 7.57. The molecule has 0 bridgehead atoms. The van der Waals surface area contributed by atoms with Crippen molar-refractivity contribution >= 4 is 11.9 Å². The van der Waals surface area contributed by atoms with E-state index in [2.05, 4.69) is 10.2 Å². The molecular formula is C17H22N2O4. The van der Waals surface area contributed by atoms with Crippen LogP contribution in [0.25, 0.3) is 0 Å². The molecule has 0 aliphatic carbocycles. The van der Waals surface area contributed by atoms with Crippen molar-refractivity contribution in [2.24, 2.45) is 0 Å². The molecule has 3 rings (SSSR count). The molecule has 1 amide bonds. The third-order valence-electron chi connectivity index (χ3n) is 4.24. The van der Waals surface area contributed by atoms with Crippen molar-refractivity contribution in [3.63, 3.8) is 0 Å². The van der Waals surface area contributed by atoms with E-state index in [1.54, 1.807) is 12.1 Å². The SMILES string of the molecule is O=C1OC(C(=O)NCCCN2CCOCC2)Cc2ccccc21. The minimum absolute atomic E-state index is 0.213. The molecule has 2 aliphatic heterocycles. The Kier molecular flexibility index (Phi) is 5.25. The molecule has 0 spiro atoms. The van der Waals surface area contributed by atoms with Crippen LogP contribution in [0.4, 0.5) is 0 Å². The van der Waals surface area contributed by atoms with Crippen molar-refractivity contribution in [2.45, 2.75) is 18.9 Å². The number of hydrogen-bond donors (Lipinski definition) is 1. The Balaban J connectivity index is 1.43. The number of rotatable bonds is 5. The largest absolute Gasteiger partial charge is 0.448 e. The number of morpholine rings is 1. The van der Waals surface area contributed by atoms with Gasteiger partial charge in [0.15, 0.2) is 6.10 Å². The molecule has 0 radical (unpaired) electrons. The molecule has 6 nitrogen and oxygen atoms in total. The second-order valence-corrected chi connectivity index (χ2v) is 5.85. The van der Waals surface area contributed by atoms with Crippen LogP contribution in [0.2, 0.25) is 0 Å². The monoisotopic (exact) mass is 318 g/mol. The van der Waals surface area contributed by atoms with E-state index in [0.717, 1.165) is 44.8 Å². The number of fused-ring (bicyclic) bond motifs is 1. The van der Waals surface area contributed by atoms with Gasteiger partial charge in [-0.05, 0) is 24.6 Å². The Morgan fingerprint density at radius 2 is 2.04 bits per heavy atom. The van der Waals surface area contributed by atoms with Gasteiger partial charge in [-0.15, -0.1) is 0 Å². The zero-order valence-electron chi connectivity index (χ0n) is 13.1. The average molecular weight is 318 g/mol. The third kappa shape index (κ3) is 4.09. The van der Waals surface area contributed by atoms with E-state index >= 15 is 0 Å². The van der Waals surface area contributed by atoms with Crippen LogP contribution in [0.1, 0.15) is 22.3 Å². The first kappa shape index (κ1) is 16.0. The van der Waals surface area contributed by atoms with Gasteiger partial charge in [0.05, 0.1) is 18.8 Å². The quantitative estimate of drug-likeness (QED) is 0.636. The van der Waals surface area contributed by atoms with Gasteiger partial charge < -0.3 is 14.8 Å². The highest BCUT2D eigenvalue weighted by Gasteiger charge is 2.30. The molecular weight excluding hydrogens is 296 g/mol. The van der Waals surface area contributed by atoms with E-state index in [0.29, 0.717) is 18.5 Å². The first-order valence-electron chi connectivity index (χ1n) is 8.11. The number of benzene rings is 1. The fourth-order valence-electron chi connectivity index (χ4n) is 2.93. The van der Waals surface area contributed by atoms with Gasteiger partial charge in [-0.3, -0.25) is 9.69 Å². The van der Waals surface area contributed by atoms with Crippen LogP contribution in [0.5, 0.6) is 0 Å². The maximum Gasteiger partial charge on any atom is 0.339 e. The number of nitrogens with one attached hydrogen (secondary N) is 1. The average Bonchev–Trinajstić information content (AvgIpc) is 2.59. The van der Waals surface area contributed by atoms with Crippen molar-refractivity contribution in [2.75, 3.05) is 39.4 Å². The van der Waals surface area contributed by atoms with Crippen LogP contribution in [0.15, 0.2) is 24.3 Å². The summed E-state index contributed by atoms with van der Waals surface area (Å²) in [6, 6.07) is 7.27. The molecule has 0 aromatic heterocycles. The lowest BCUT2D eigenvalue weighted by atomic mass is 9.98. The zero-order chi connectivity index (χ0) is 16.1. The molecule has 1 unspecified atom stereocenters. The van der Waals surface area contributed by atoms with E-state index in [1.165, 1.54) is 0 Å². The van der Waals surface area contributed by atoms with Crippen LogP contribution in [0.3, 0.4) is 0 Å². The lowest BCUT2D eigenvalue weighted by Gasteiger charge is -2.27. The molecule has 6 heteroatoms. The van der Waals surface area contributed by atoms with Crippen molar-refractivity contribution < 1.29 is 19.1 Å². The number of nitrogens with zero attached hydrogens (tertiary/aromatic N) is 1. The maximum atomic E-state index is 12.2. The molecule has 23 heavy (non-hydrogen) atoms. The summed E-state index contributed by atoms with van der Waals surface area (Å²) >= 11 is 0. The van der Waals surface area contributed by atoms with Crippen molar-refractivity contribution in [3.8, 4) is 0 Å². The predicted octanol–water partition coefficient (Wildman–Crippen LogP) is 0.607. The normalized spacial score (nSPS) is 21.4. The number of carbonyl (C=O) groups is 2. The van der Waals surface area contributed by atoms with Crippen LogP contribution in [0, 0.1) is 0 Å². The summed E-state index contributed by atoms with van der Waals surface area (Å²) in [4.78, 5) is 26.4. The van der Waals surface area contributed by atoms with Crippen molar-refractivity contribution in [3.05, 3.63) is 35.4 Å². The Morgan fingerprint density at radius 1 is 1.26 bits per heavy atom. The summed E-state index contributed by atoms with van der Waals surface area (Å²) in [6.45, 7) is 4.99. The predicted molar refractivity (Wildman–Crippen MR) is 84.2 cm³/mol. The summed E-state index contributed by atoms with van der Waals surface area (Å²) in [5.41, 5.74) is 1.43. The lowest BCUT2D eigenvalue weighted by Crippen LogP contribution is -2.43. The van der Waals surface area contributed by atoms with E-state index in [1.807, 2.05) is 12.1 Å². The number of ether oxygens (including phenoxy) is 2. The van der Waals surface area contributed by atoms with Crippen LogP contribution >= 0.6 is 0 Å². The Bertz CT molecular complexity index is 569. The fraction of sp³-hybridized carbons (Fsp3) is 0.529. The molecule has 0 saturated carbocycles. The first-order valence-corrected chi connectivity index (χ1v) is 8.11. The van der Waals surface area contributed by atoms with E-state index in [-0.39, 0.29) is 5.91 Å². The molecule has 1 N–H and O–H groups in total. The maximum absolute atomic E-state index is 12.2.